The summed E-state index contributed by atoms with van der Waals surface area (Å²) in [5.74, 6) is 1.08. The molecule has 1 aromatic heterocycles. The zero-order valence-electron chi connectivity index (χ0n) is 10.9. The van der Waals surface area contributed by atoms with E-state index in [4.69, 9.17) is 5.73 Å². The number of para-hydroxylation sites is 1. The van der Waals surface area contributed by atoms with Crippen LogP contribution < -0.4 is 11.1 Å². The fourth-order valence-electron chi connectivity index (χ4n) is 2.63. The standard InChI is InChI=1S/C14H19N5/c15-13-17-14(16-11-7-3-1-4-8-11)18-19(13)12-9-5-2-6-10-12/h1,3-4,7-8,12H,2,5-6,9-10H2,(H3,15,16,17,18). The zero-order valence-corrected chi connectivity index (χ0v) is 10.9. The summed E-state index contributed by atoms with van der Waals surface area (Å²) < 4.78 is 1.88. The van der Waals surface area contributed by atoms with Crippen LogP contribution in [0.4, 0.5) is 17.6 Å². The maximum atomic E-state index is 5.98. The van der Waals surface area contributed by atoms with E-state index < -0.39 is 0 Å². The Labute approximate surface area is 112 Å². The van der Waals surface area contributed by atoms with E-state index in [-0.39, 0.29) is 0 Å². The van der Waals surface area contributed by atoms with Crippen molar-refractivity contribution in [1.82, 2.24) is 14.8 Å². The van der Waals surface area contributed by atoms with Crippen molar-refractivity contribution in [1.29, 1.82) is 0 Å². The molecule has 0 unspecified atom stereocenters. The topological polar surface area (TPSA) is 68.8 Å². The van der Waals surface area contributed by atoms with Crippen LogP contribution in [0.15, 0.2) is 30.3 Å². The van der Waals surface area contributed by atoms with Gasteiger partial charge in [-0.2, -0.15) is 4.98 Å². The summed E-state index contributed by atoms with van der Waals surface area (Å²) >= 11 is 0. The first kappa shape index (κ1) is 12.0. The number of hydrogen-bond acceptors (Lipinski definition) is 4. The summed E-state index contributed by atoms with van der Waals surface area (Å²) in [6, 6.07) is 10.3. The smallest absolute Gasteiger partial charge is 0.248 e. The maximum Gasteiger partial charge on any atom is 0.248 e. The van der Waals surface area contributed by atoms with E-state index >= 15 is 0 Å². The van der Waals surface area contributed by atoms with Crippen molar-refractivity contribution < 1.29 is 0 Å². The van der Waals surface area contributed by atoms with Crippen LogP contribution in [0.5, 0.6) is 0 Å². The second-order valence-corrected chi connectivity index (χ2v) is 5.02. The molecular formula is C14H19N5. The molecule has 1 aromatic carbocycles. The third-order valence-corrected chi connectivity index (χ3v) is 3.61. The van der Waals surface area contributed by atoms with Crippen molar-refractivity contribution in [2.45, 2.75) is 38.1 Å². The quantitative estimate of drug-likeness (QED) is 0.886. The van der Waals surface area contributed by atoms with Crippen LogP contribution in [-0.2, 0) is 0 Å². The van der Waals surface area contributed by atoms with E-state index in [9.17, 15) is 0 Å². The number of anilines is 3. The Morgan fingerprint density at radius 3 is 2.58 bits per heavy atom. The molecule has 1 fully saturated rings. The van der Waals surface area contributed by atoms with Crippen molar-refractivity contribution in [3.63, 3.8) is 0 Å². The number of nitrogens with one attached hydrogen (secondary N) is 1. The predicted molar refractivity (Wildman–Crippen MR) is 76.3 cm³/mol. The lowest BCUT2D eigenvalue weighted by atomic mass is 9.96. The average Bonchev–Trinajstić information content (AvgIpc) is 2.82. The first-order valence-corrected chi connectivity index (χ1v) is 6.87. The molecular weight excluding hydrogens is 238 g/mol. The maximum absolute atomic E-state index is 5.98. The van der Waals surface area contributed by atoms with Crippen LogP contribution >= 0.6 is 0 Å². The van der Waals surface area contributed by atoms with Crippen molar-refractivity contribution in [2.24, 2.45) is 0 Å². The molecule has 1 aliphatic rings. The number of benzene rings is 1. The molecule has 19 heavy (non-hydrogen) atoms. The summed E-state index contributed by atoms with van der Waals surface area (Å²) in [4.78, 5) is 4.30. The fraction of sp³-hybridized carbons (Fsp3) is 0.429. The fourth-order valence-corrected chi connectivity index (χ4v) is 2.63. The number of hydrogen-bond donors (Lipinski definition) is 2. The molecule has 0 amide bonds. The molecule has 1 aliphatic carbocycles. The van der Waals surface area contributed by atoms with Gasteiger partial charge in [-0.3, -0.25) is 0 Å². The predicted octanol–water partition coefficient (Wildman–Crippen LogP) is 3.11. The van der Waals surface area contributed by atoms with Gasteiger partial charge in [0.15, 0.2) is 0 Å². The van der Waals surface area contributed by atoms with Gasteiger partial charge in [0.05, 0.1) is 6.04 Å². The van der Waals surface area contributed by atoms with Crippen LogP contribution in [0.1, 0.15) is 38.1 Å². The highest BCUT2D eigenvalue weighted by Crippen LogP contribution is 2.29. The number of aromatic nitrogens is 3. The van der Waals surface area contributed by atoms with Crippen molar-refractivity contribution >= 4 is 17.6 Å². The SMILES string of the molecule is Nc1nc(Nc2ccccc2)nn1C1CCCCC1. The van der Waals surface area contributed by atoms with E-state index in [1.165, 1.54) is 19.3 Å². The minimum atomic E-state index is 0.410. The summed E-state index contributed by atoms with van der Waals surface area (Å²) in [6.07, 6.45) is 6.13. The first-order chi connectivity index (χ1) is 9.33. The second kappa shape index (κ2) is 5.30. The minimum absolute atomic E-state index is 0.410. The largest absolute Gasteiger partial charge is 0.368 e. The van der Waals surface area contributed by atoms with Crippen LogP contribution in [0.3, 0.4) is 0 Å². The number of rotatable bonds is 3. The van der Waals surface area contributed by atoms with Crippen molar-refractivity contribution in [3.05, 3.63) is 30.3 Å². The third kappa shape index (κ3) is 2.70. The number of nitrogen functional groups attached to an aromatic ring is 1. The molecule has 0 spiro atoms. The van der Waals surface area contributed by atoms with Gasteiger partial charge in [0.25, 0.3) is 0 Å². The van der Waals surface area contributed by atoms with Gasteiger partial charge in [-0.25, -0.2) is 4.68 Å². The molecule has 1 heterocycles. The number of nitrogens with two attached hydrogens (primary N) is 1. The highest BCUT2D eigenvalue weighted by Gasteiger charge is 2.19. The van der Waals surface area contributed by atoms with Crippen LogP contribution in [0, 0.1) is 0 Å². The van der Waals surface area contributed by atoms with E-state index in [2.05, 4.69) is 15.4 Å². The van der Waals surface area contributed by atoms with Gasteiger partial charge >= 0.3 is 0 Å². The average molecular weight is 257 g/mol. The molecule has 5 nitrogen and oxygen atoms in total. The molecule has 1 saturated carbocycles. The molecule has 0 saturated heterocycles. The van der Waals surface area contributed by atoms with Gasteiger partial charge in [-0.1, -0.05) is 37.5 Å². The van der Waals surface area contributed by atoms with Crippen LogP contribution in [0.25, 0.3) is 0 Å². The normalized spacial score (nSPS) is 16.4. The van der Waals surface area contributed by atoms with Crippen molar-refractivity contribution in [3.8, 4) is 0 Å². The molecule has 3 rings (SSSR count). The van der Waals surface area contributed by atoms with Gasteiger partial charge in [-0.15, -0.1) is 5.10 Å². The molecule has 0 radical (unpaired) electrons. The second-order valence-electron chi connectivity index (χ2n) is 5.02. The van der Waals surface area contributed by atoms with Gasteiger partial charge in [0.2, 0.25) is 11.9 Å². The first-order valence-electron chi connectivity index (χ1n) is 6.87. The van der Waals surface area contributed by atoms with E-state index in [0.717, 1.165) is 18.5 Å². The number of nitrogens with zero attached hydrogens (tertiary/aromatic N) is 3. The summed E-state index contributed by atoms with van der Waals surface area (Å²) in [6.45, 7) is 0. The third-order valence-electron chi connectivity index (χ3n) is 3.61. The summed E-state index contributed by atoms with van der Waals surface area (Å²) in [5.41, 5.74) is 6.95. The lowest BCUT2D eigenvalue weighted by molar-refractivity contribution is 0.333. The summed E-state index contributed by atoms with van der Waals surface area (Å²) in [7, 11) is 0. The van der Waals surface area contributed by atoms with Crippen LogP contribution in [-0.4, -0.2) is 14.8 Å². The molecule has 0 bridgehead atoms. The highest BCUT2D eigenvalue weighted by molar-refractivity contribution is 5.53. The Morgan fingerprint density at radius 1 is 1.11 bits per heavy atom. The molecule has 3 N–H and O–H groups in total. The monoisotopic (exact) mass is 257 g/mol. The van der Waals surface area contributed by atoms with Gasteiger partial charge in [-0.05, 0) is 25.0 Å². The zero-order chi connectivity index (χ0) is 13.1. The molecule has 0 aliphatic heterocycles. The van der Waals surface area contributed by atoms with Crippen LogP contribution in [0.2, 0.25) is 0 Å². The summed E-state index contributed by atoms with van der Waals surface area (Å²) in [5, 5.41) is 7.68. The van der Waals surface area contributed by atoms with Gasteiger partial charge in [0, 0.05) is 5.69 Å². The molecule has 5 heteroatoms. The Hall–Kier alpha value is -2.04. The van der Waals surface area contributed by atoms with E-state index in [0.29, 0.717) is 17.9 Å². The molecule has 100 valence electrons. The van der Waals surface area contributed by atoms with Gasteiger partial charge in [0.1, 0.15) is 0 Å². The lowest BCUT2D eigenvalue weighted by Crippen LogP contribution is -2.16. The molecule has 0 atom stereocenters. The Balaban J connectivity index is 1.77. The van der Waals surface area contributed by atoms with Crippen molar-refractivity contribution in [2.75, 3.05) is 11.1 Å². The van der Waals surface area contributed by atoms with E-state index in [1.54, 1.807) is 0 Å². The Morgan fingerprint density at radius 2 is 1.84 bits per heavy atom. The molecule has 2 aromatic rings. The van der Waals surface area contributed by atoms with E-state index in [1.807, 2.05) is 35.0 Å². The van der Waals surface area contributed by atoms with Gasteiger partial charge < -0.3 is 11.1 Å². The lowest BCUT2D eigenvalue weighted by Gasteiger charge is -2.21. The minimum Gasteiger partial charge on any atom is -0.368 e. The highest BCUT2D eigenvalue weighted by atomic mass is 15.4. The Kier molecular flexibility index (Phi) is 3.35. The Bertz CT molecular complexity index is 528.